The molecular weight excluding hydrogens is 390 g/mol. The largest absolute Gasteiger partial charge is 0.378 e. The molecule has 2 aliphatic rings. The molecule has 1 N–H and O–H groups in total. The zero-order valence-corrected chi connectivity index (χ0v) is 19.7. The van der Waals surface area contributed by atoms with Gasteiger partial charge in [-0.2, -0.15) is 4.31 Å². The maximum Gasteiger partial charge on any atom is 0.216 e. The van der Waals surface area contributed by atoms with Crippen LogP contribution >= 0.6 is 0 Å². The number of guanidine groups is 1. The molecule has 0 radical (unpaired) electrons. The summed E-state index contributed by atoms with van der Waals surface area (Å²) in [6, 6.07) is 0.595. The van der Waals surface area contributed by atoms with E-state index in [-0.39, 0.29) is 18.5 Å². The highest BCUT2D eigenvalue weighted by Gasteiger charge is 2.28. The Hall–Kier alpha value is -0.900. The van der Waals surface area contributed by atoms with Gasteiger partial charge in [0.15, 0.2) is 5.96 Å². The Balaban J connectivity index is 1.78. The van der Waals surface area contributed by atoms with Crippen LogP contribution < -0.4 is 5.32 Å². The molecule has 0 amide bonds. The number of hydrogen-bond donors (Lipinski definition) is 1. The van der Waals surface area contributed by atoms with Crippen molar-refractivity contribution in [3.8, 4) is 0 Å². The molecule has 0 aliphatic carbocycles. The van der Waals surface area contributed by atoms with Crippen LogP contribution in [0.25, 0.3) is 0 Å². The van der Waals surface area contributed by atoms with Gasteiger partial charge in [-0.25, -0.2) is 8.42 Å². The lowest BCUT2D eigenvalue weighted by Crippen LogP contribution is -2.55. The van der Waals surface area contributed by atoms with E-state index in [1.165, 1.54) is 19.4 Å². The van der Waals surface area contributed by atoms with Gasteiger partial charge in [-0.15, -0.1) is 0 Å². The molecular formula is C20H41N5O3S. The van der Waals surface area contributed by atoms with E-state index < -0.39 is 10.0 Å². The van der Waals surface area contributed by atoms with Crippen molar-refractivity contribution >= 4 is 16.0 Å². The van der Waals surface area contributed by atoms with E-state index in [0.717, 1.165) is 19.0 Å². The maximum absolute atomic E-state index is 12.5. The first-order chi connectivity index (χ1) is 13.7. The highest BCUT2D eigenvalue weighted by atomic mass is 32.2. The molecule has 0 aromatic heterocycles. The minimum atomic E-state index is -3.26. The van der Waals surface area contributed by atoms with Crippen LogP contribution in [0.1, 0.15) is 40.5 Å². The van der Waals surface area contributed by atoms with Crippen molar-refractivity contribution in [2.24, 2.45) is 10.9 Å². The predicted molar refractivity (Wildman–Crippen MR) is 119 cm³/mol. The number of piperazine rings is 1. The van der Waals surface area contributed by atoms with Crippen LogP contribution in [-0.4, -0.2) is 106 Å². The Labute approximate surface area is 177 Å². The van der Waals surface area contributed by atoms with Crippen molar-refractivity contribution in [3.05, 3.63) is 0 Å². The second-order valence-corrected chi connectivity index (χ2v) is 10.7. The number of piperidine rings is 1. The average molecular weight is 432 g/mol. The van der Waals surface area contributed by atoms with Crippen molar-refractivity contribution in [3.63, 3.8) is 0 Å². The summed E-state index contributed by atoms with van der Waals surface area (Å²) < 4.78 is 32.0. The molecule has 29 heavy (non-hydrogen) atoms. The van der Waals surface area contributed by atoms with Gasteiger partial charge in [-0.3, -0.25) is 4.99 Å². The first kappa shape index (κ1) is 24.4. The fourth-order valence-corrected chi connectivity index (χ4v) is 5.28. The third kappa shape index (κ3) is 7.70. The number of hydrogen-bond acceptors (Lipinski definition) is 5. The standard InChI is InChI=1S/C20H41N5O3S/c1-17(2)24-8-6-7-19(16-24)15-22-20(21-5)23-9-11-25(12-10-23)29(26,27)14-13-28-18(3)4/h17-19H,6-16H2,1-5H3,(H,21,22). The van der Waals surface area contributed by atoms with Gasteiger partial charge in [0.05, 0.1) is 18.5 Å². The fraction of sp³-hybridized carbons (Fsp3) is 0.950. The number of ether oxygens (including phenoxy) is 1. The molecule has 8 nitrogen and oxygen atoms in total. The number of aliphatic imine (C=N–C) groups is 1. The molecule has 1 atom stereocenters. The van der Waals surface area contributed by atoms with Gasteiger partial charge in [0, 0.05) is 52.4 Å². The van der Waals surface area contributed by atoms with Crippen molar-refractivity contribution in [2.75, 3.05) is 65.2 Å². The van der Waals surface area contributed by atoms with E-state index in [1.807, 2.05) is 13.8 Å². The molecule has 1 unspecified atom stereocenters. The van der Waals surface area contributed by atoms with E-state index >= 15 is 0 Å². The number of nitrogens with one attached hydrogen (secondary N) is 1. The van der Waals surface area contributed by atoms with E-state index in [2.05, 4.69) is 34.0 Å². The zero-order chi connectivity index (χ0) is 21.4. The number of rotatable bonds is 8. The zero-order valence-electron chi connectivity index (χ0n) is 18.9. The van der Waals surface area contributed by atoms with Gasteiger partial charge < -0.3 is 19.9 Å². The Morgan fingerprint density at radius 1 is 1.14 bits per heavy atom. The fourth-order valence-electron chi connectivity index (χ4n) is 4.00. The van der Waals surface area contributed by atoms with Crippen LogP contribution in [-0.2, 0) is 14.8 Å². The summed E-state index contributed by atoms with van der Waals surface area (Å²) in [6.45, 7) is 14.2. The van der Waals surface area contributed by atoms with E-state index in [0.29, 0.717) is 38.1 Å². The maximum atomic E-state index is 12.5. The molecule has 9 heteroatoms. The van der Waals surface area contributed by atoms with Gasteiger partial charge in [0.2, 0.25) is 10.0 Å². The SMILES string of the molecule is CN=C(NCC1CCCN(C(C)C)C1)N1CCN(S(=O)(=O)CCOC(C)C)CC1. The summed E-state index contributed by atoms with van der Waals surface area (Å²) in [4.78, 5) is 9.15. The summed E-state index contributed by atoms with van der Waals surface area (Å²) in [7, 11) is -1.46. The van der Waals surface area contributed by atoms with Crippen LogP contribution in [0.15, 0.2) is 4.99 Å². The number of likely N-dealkylation sites (tertiary alicyclic amines) is 1. The molecule has 2 saturated heterocycles. The monoisotopic (exact) mass is 431 g/mol. The number of nitrogens with zero attached hydrogens (tertiary/aromatic N) is 4. The van der Waals surface area contributed by atoms with Crippen molar-refractivity contribution in [2.45, 2.75) is 52.7 Å². The highest BCUT2D eigenvalue weighted by molar-refractivity contribution is 7.89. The first-order valence-corrected chi connectivity index (χ1v) is 12.6. The summed E-state index contributed by atoms with van der Waals surface area (Å²) in [5.41, 5.74) is 0. The minimum absolute atomic E-state index is 0.0478. The van der Waals surface area contributed by atoms with E-state index in [1.54, 1.807) is 11.4 Å². The minimum Gasteiger partial charge on any atom is -0.378 e. The molecule has 2 rings (SSSR count). The van der Waals surface area contributed by atoms with Gasteiger partial charge in [0.25, 0.3) is 0 Å². The van der Waals surface area contributed by atoms with Gasteiger partial charge in [0.1, 0.15) is 0 Å². The molecule has 0 saturated carbocycles. The molecule has 0 spiro atoms. The van der Waals surface area contributed by atoms with Crippen LogP contribution in [0, 0.1) is 5.92 Å². The average Bonchev–Trinajstić information content (AvgIpc) is 2.68. The van der Waals surface area contributed by atoms with E-state index in [9.17, 15) is 8.42 Å². The third-order valence-corrected chi connectivity index (χ3v) is 7.60. The predicted octanol–water partition coefficient (Wildman–Crippen LogP) is 1.05. The molecule has 2 heterocycles. The smallest absolute Gasteiger partial charge is 0.216 e. The van der Waals surface area contributed by atoms with Crippen molar-refractivity contribution < 1.29 is 13.2 Å². The van der Waals surface area contributed by atoms with Crippen LogP contribution in [0.3, 0.4) is 0 Å². The topological polar surface area (TPSA) is 77.5 Å². The molecule has 170 valence electrons. The van der Waals surface area contributed by atoms with E-state index in [4.69, 9.17) is 4.74 Å². The normalized spacial score (nSPS) is 23.2. The summed E-state index contributed by atoms with van der Waals surface area (Å²) in [6.07, 6.45) is 2.55. The number of sulfonamides is 1. The quantitative estimate of drug-likeness (QED) is 0.457. The lowest BCUT2D eigenvalue weighted by atomic mass is 9.97. The van der Waals surface area contributed by atoms with Crippen LogP contribution in [0.5, 0.6) is 0 Å². The van der Waals surface area contributed by atoms with Gasteiger partial charge in [-0.1, -0.05) is 0 Å². The molecule has 2 aliphatic heterocycles. The lowest BCUT2D eigenvalue weighted by Gasteiger charge is -2.38. The second-order valence-electron chi connectivity index (χ2n) is 8.65. The summed E-state index contributed by atoms with van der Waals surface area (Å²) in [5, 5.41) is 3.53. The lowest BCUT2D eigenvalue weighted by molar-refractivity contribution is 0.0904. The van der Waals surface area contributed by atoms with Gasteiger partial charge in [-0.05, 0) is 53.0 Å². The van der Waals surface area contributed by atoms with Crippen molar-refractivity contribution in [1.29, 1.82) is 0 Å². The molecule has 0 bridgehead atoms. The van der Waals surface area contributed by atoms with Crippen LogP contribution in [0.4, 0.5) is 0 Å². The van der Waals surface area contributed by atoms with Crippen LogP contribution in [0.2, 0.25) is 0 Å². The second kappa shape index (κ2) is 11.5. The summed E-state index contributed by atoms with van der Waals surface area (Å²) in [5.74, 6) is 1.56. The van der Waals surface area contributed by atoms with Gasteiger partial charge >= 0.3 is 0 Å². The Morgan fingerprint density at radius 3 is 2.41 bits per heavy atom. The first-order valence-electron chi connectivity index (χ1n) is 11.0. The Bertz CT molecular complexity index is 616. The molecule has 2 fully saturated rings. The van der Waals surface area contributed by atoms with Crippen molar-refractivity contribution in [1.82, 2.24) is 19.4 Å². The molecule has 0 aromatic carbocycles. The highest BCUT2D eigenvalue weighted by Crippen LogP contribution is 2.18. The Kier molecular flexibility index (Phi) is 9.65. The third-order valence-electron chi connectivity index (χ3n) is 5.77. The molecule has 0 aromatic rings. The summed E-state index contributed by atoms with van der Waals surface area (Å²) >= 11 is 0. The Morgan fingerprint density at radius 2 is 1.83 bits per heavy atom.